The zero-order valence-electron chi connectivity index (χ0n) is 13.8. The molecule has 6 heteroatoms. The molecule has 3 rings (SSSR count). The van der Waals surface area contributed by atoms with E-state index in [-0.39, 0.29) is 23.5 Å². The van der Waals surface area contributed by atoms with Gasteiger partial charge in [0.2, 0.25) is 11.5 Å². The molecule has 1 amide bonds. The first-order chi connectivity index (χ1) is 11.0. The van der Waals surface area contributed by atoms with Crippen LogP contribution in [-0.2, 0) is 9.53 Å². The van der Waals surface area contributed by atoms with Crippen molar-refractivity contribution >= 4 is 11.6 Å². The van der Waals surface area contributed by atoms with E-state index < -0.39 is 0 Å². The van der Waals surface area contributed by atoms with Crippen molar-refractivity contribution < 1.29 is 9.53 Å². The fourth-order valence-corrected chi connectivity index (χ4v) is 3.65. The minimum absolute atomic E-state index is 0.00146. The van der Waals surface area contributed by atoms with Crippen LogP contribution in [-0.4, -0.2) is 48.6 Å². The number of H-pyrrole nitrogens is 1. The van der Waals surface area contributed by atoms with Crippen LogP contribution in [0.1, 0.15) is 24.8 Å². The van der Waals surface area contributed by atoms with Crippen molar-refractivity contribution in [2.24, 2.45) is 11.8 Å². The Morgan fingerprint density at radius 2 is 2.09 bits per heavy atom. The Morgan fingerprint density at radius 1 is 1.35 bits per heavy atom. The van der Waals surface area contributed by atoms with Gasteiger partial charge in [-0.1, -0.05) is 0 Å². The van der Waals surface area contributed by atoms with Gasteiger partial charge in [0.15, 0.2) is 0 Å². The van der Waals surface area contributed by atoms with E-state index in [9.17, 15) is 9.59 Å². The van der Waals surface area contributed by atoms with Crippen molar-refractivity contribution in [3.63, 3.8) is 0 Å². The maximum absolute atomic E-state index is 12.7. The summed E-state index contributed by atoms with van der Waals surface area (Å²) in [5.41, 5.74) is 1.29. The summed E-state index contributed by atoms with van der Waals surface area (Å²) in [5.74, 6) is 0.359. The molecule has 6 nitrogen and oxygen atoms in total. The number of aromatic amines is 1. The van der Waals surface area contributed by atoms with Gasteiger partial charge in [-0.15, -0.1) is 0 Å². The minimum Gasteiger partial charge on any atom is -0.377 e. The molecule has 0 aromatic carbocycles. The van der Waals surface area contributed by atoms with Crippen molar-refractivity contribution in [1.82, 2.24) is 9.88 Å². The topological polar surface area (TPSA) is 74.4 Å². The average Bonchev–Trinajstić information content (AvgIpc) is 3.00. The van der Waals surface area contributed by atoms with E-state index in [1.807, 2.05) is 6.92 Å². The third-order valence-electron chi connectivity index (χ3n) is 5.09. The lowest BCUT2D eigenvalue weighted by Gasteiger charge is -2.34. The van der Waals surface area contributed by atoms with Gasteiger partial charge >= 0.3 is 0 Å². The Labute approximate surface area is 136 Å². The third-order valence-corrected chi connectivity index (χ3v) is 5.09. The first kappa shape index (κ1) is 16.2. The maximum atomic E-state index is 12.7. The average molecular weight is 319 g/mol. The summed E-state index contributed by atoms with van der Waals surface area (Å²) in [4.78, 5) is 28.9. The summed E-state index contributed by atoms with van der Waals surface area (Å²) in [6.45, 7) is 4.61. The fourth-order valence-electron chi connectivity index (χ4n) is 3.65. The molecule has 1 aromatic rings. The Balaban J connectivity index is 1.67. The Morgan fingerprint density at radius 3 is 2.78 bits per heavy atom. The molecule has 2 saturated heterocycles. The van der Waals surface area contributed by atoms with E-state index >= 15 is 0 Å². The molecule has 2 aliphatic rings. The van der Waals surface area contributed by atoms with Crippen LogP contribution in [0.3, 0.4) is 0 Å². The molecule has 0 aliphatic carbocycles. The van der Waals surface area contributed by atoms with Crippen LogP contribution in [0, 0.1) is 18.8 Å². The monoisotopic (exact) mass is 319 g/mol. The number of ether oxygens (including phenoxy) is 1. The summed E-state index contributed by atoms with van der Waals surface area (Å²) in [6.07, 6.45) is 4.53. The number of aromatic nitrogens is 1. The number of amides is 1. The van der Waals surface area contributed by atoms with Gasteiger partial charge in [0.1, 0.15) is 0 Å². The molecule has 0 bridgehead atoms. The van der Waals surface area contributed by atoms with Crippen molar-refractivity contribution in [3.05, 3.63) is 28.2 Å². The van der Waals surface area contributed by atoms with Crippen LogP contribution in [0.2, 0.25) is 0 Å². The molecule has 2 atom stereocenters. The number of hydrogen-bond donors (Lipinski definition) is 2. The number of carbonyl (C=O) groups excluding carboxylic acids is 1. The summed E-state index contributed by atoms with van der Waals surface area (Å²) in [6, 6.07) is 1.50. The number of rotatable bonds is 3. The van der Waals surface area contributed by atoms with Crippen LogP contribution >= 0.6 is 0 Å². The summed E-state index contributed by atoms with van der Waals surface area (Å²) in [5, 5.41) is 2.96. The number of piperidine rings is 1. The largest absolute Gasteiger partial charge is 0.377 e. The molecular formula is C17H25N3O3. The number of anilines is 1. The number of likely N-dealkylation sites (tertiary alicyclic amines) is 1. The Bertz CT molecular complexity index is 620. The zero-order chi connectivity index (χ0) is 16.4. The predicted molar refractivity (Wildman–Crippen MR) is 88.5 cm³/mol. The van der Waals surface area contributed by atoms with Gasteiger partial charge in [0, 0.05) is 18.9 Å². The third kappa shape index (κ3) is 3.64. The molecule has 1 aromatic heterocycles. The van der Waals surface area contributed by atoms with E-state index in [1.54, 1.807) is 6.20 Å². The van der Waals surface area contributed by atoms with Gasteiger partial charge in [-0.2, -0.15) is 0 Å². The Hall–Kier alpha value is -1.66. The first-order valence-corrected chi connectivity index (χ1v) is 8.35. The summed E-state index contributed by atoms with van der Waals surface area (Å²) < 4.78 is 5.91. The number of carbonyl (C=O) groups is 1. The maximum Gasteiger partial charge on any atom is 0.248 e. The lowest BCUT2D eigenvalue weighted by molar-refractivity contribution is -0.122. The van der Waals surface area contributed by atoms with Gasteiger partial charge in [0.05, 0.1) is 17.7 Å². The summed E-state index contributed by atoms with van der Waals surface area (Å²) >= 11 is 0. The molecule has 2 fully saturated rings. The van der Waals surface area contributed by atoms with E-state index in [1.165, 1.54) is 6.07 Å². The highest BCUT2D eigenvalue weighted by molar-refractivity contribution is 5.93. The molecule has 23 heavy (non-hydrogen) atoms. The van der Waals surface area contributed by atoms with Crippen molar-refractivity contribution in [2.45, 2.75) is 32.3 Å². The van der Waals surface area contributed by atoms with Gasteiger partial charge < -0.3 is 19.9 Å². The van der Waals surface area contributed by atoms with Crippen LogP contribution in [0.25, 0.3) is 0 Å². The lowest BCUT2D eigenvalue weighted by Crippen LogP contribution is -2.40. The zero-order valence-corrected chi connectivity index (χ0v) is 13.8. The van der Waals surface area contributed by atoms with E-state index in [0.29, 0.717) is 18.2 Å². The molecule has 126 valence electrons. The molecule has 0 saturated carbocycles. The SMILES string of the molecule is Cc1cc(=O)[nH]cc1NC(=O)[C@H]1CCO[C@@H]1C1CCN(C)CC1. The van der Waals surface area contributed by atoms with Gasteiger partial charge in [-0.3, -0.25) is 9.59 Å². The van der Waals surface area contributed by atoms with Gasteiger partial charge in [-0.05, 0) is 57.8 Å². The molecule has 2 N–H and O–H groups in total. The minimum atomic E-state index is -0.158. The summed E-state index contributed by atoms with van der Waals surface area (Å²) in [7, 11) is 2.13. The molecule has 0 spiro atoms. The molecule has 2 aliphatic heterocycles. The van der Waals surface area contributed by atoms with E-state index in [0.717, 1.165) is 37.9 Å². The number of pyridine rings is 1. The second-order valence-electron chi connectivity index (χ2n) is 6.75. The van der Waals surface area contributed by atoms with Crippen molar-refractivity contribution in [2.75, 3.05) is 32.1 Å². The molecule has 0 unspecified atom stereocenters. The lowest BCUT2D eigenvalue weighted by atomic mass is 9.84. The highest BCUT2D eigenvalue weighted by Gasteiger charge is 2.40. The van der Waals surface area contributed by atoms with Gasteiger partial charge in [0.25, 0.3) is 0 Å². The van der Waals surface area contributed by atoms with Gasteiger partial charge in [-0.25, -0.2) is 0 Å². The van der Waals surface area contributed by atoms with E-state index in [4.69, 9.17) is 4.74 Å². The van der Waals surface area contributed by atoms with Crippen LogP contribution in [0.15, 0.2) is 17.1 Å². The predicted octanol–water partition coefficient (Wildman–Crippen LogP) is 1.37. The number of hydrogen-bond acceptors (Lipinski definition) is 4. The first-order valence-electron chi connectivity index (χ1n) is 8.35. The second-order valence-corrected chi connectivity index (χ2v) is 6.75. The smallest absolute Gasteiger partial charge is 0.248 e. The van der Waals surface area contributed by atoms with Crippen LogP contribution < -0.4 is 10.9 Å². The standard InChI is InChI=1S/C17H25N3O3/c1-11-9-15(21)18-10-14(11)19-17(22)13-5-8-23-16(13)12-3-6-20(2)7-4-12/h9-10,12-13,16H,3-8H2,1-2H3,(H,18,21)(H,19,22)/t13-,16+/m0/s1. The molecule has 0 radical (unpaired) electrons. The second kappa shape index (κ2) is 6.84. The quantitative estimate of drug-likeness (QED) is 0.882. The normalized spacial score (nSPS) is 26.3. The van der Waals surface area contributed by atoms with E-state index in [2.05, 4.69) is 22.2 Å². The Kier molecular flexibility index (Phi) is 4.82. The molecule has 3 heterocycles. The highest BCUT2D eigenvalue weighted by atomic mass is 16.5. The van der Waals surface area contributed by atoms with Crippen molar-refractivity contribution in [3.8, 4) is 0 Å². The number of nitrogens with zero attached hydrogens (tertiary/aromatic N) is 1. The number of aryl methyl sites for hydroxylation is 1. The van der Waals surface area contributed by atoms with Crippen molar-refractivity contribution in [1.29, 1.82) is 0 Å². The molecular weight excluding hydrogens is 294 g/mol. The highest BCUT2D eigenvalue weighted by Crippen LogP contribution is 2.33. The fraction of sp³-hybridized carbons (Fsp3) is 0.647. The van der Waals surface area contributed by atoms with Crippen LogP contribution in [0.4, 0.5) is 5.69 Å². The number of nitrogens with one attached hydrogen (secondary N) is 2. The van der Waals surface area contributed by atoms with Crippen LogP contribution in [0.5, 0.6) is 0 Å².